The number of hydrogen-bond acceptors (Lipinski definition) is 3. The second kappa shape index (κ2) is 3.53. The van der Waals surface area contributed by atoms with Gasteiger partial charge in [0.05, 0.1) is 5.54 Å². The Labute approximate surface area is 60.2 Å². The molecule has 0 aliphatic heterocycles. The minimum Gasteiger partial charge on any atom is -0.396 e. The molecule has 0 heterocycles. The van der Waals surface area contributed by atoms with Crippen LogP contribution in [0.3, 0.4) is 0 Å². The lowest BCUT2D eigenvalue weighted by Gasteiger charge is -2.18. The van der Waals surface area contributed by atoms with Crippen LogP contribution in [0, 0.1) is 0 Å². The Hall–Kier alpha value is -0.610. The van der Waals surface area contributed by atoms with Crippen molar-refractivity contribution in [2.45, 2.75) is 25.3 Å². The van der Waals surface area contributed by atoms with E-state index in [0.717, 1.165) is 0 Å². The van der Waals surface area contributed by atoms with E-state index in [0.29, 0.717) is 12.8 Å². The van der Waals surface area contributed by atoms with Crippen molar-refractivity contribution >= 4 is 5.91 Å². The van der Waals surface area contributed by atoms with E-state index in [-0.39, 0.29) is 6.61 Å². The molecular formula is C6H14N2O2. The summed E-state index contributed by atoms with van der Waals surface area (Å²) in [6.07, 6.45) is 0.939. The lowest BCUT2D eigenvalue weighted by Crippen LogP contribution is -2.49. The third-order valence-corrected chi connectivity index (χ3v) is 1.42. The monoisotopic (exact) mass is 146 g/mol. The lowest BCUT2D eigenvalue weighted by atomic mass is 9.97. The van der Waals surface area contributed by atoms with Gasteiger partial charge >= 0.3 is 0 Å². The molecule has 0 aromatic heterocycles. The Bertz CT molecular complexity index is 123. The highest BCUT2D eigenvalue weighted by atomic mass is 16.3. The molecular weight excluding hydrogens is 132 g/mol. The van der Waals surface area contributed by atoms with Gasteiger partial charge in [-0.05, 0) is 19.8 Å². The lowest BCUT2D eigenvalue weighted by molar-refractivity contribution is -0.122. The van der Waals surface area contributed by atoms with Crippen LogP contribution in [-0.2, 0) is 4.79 Å². The number of amides is 1. The summed E-state index contributed by atoms with van der Waals surface area (Å²) in [6, 6.07) is 0. The number of primary amides is 1. The van der Waals surface area contributed by atoms with Crippen LogP contribution in [0.4, 0.5) is 0 Å². The Balaban J connectivity index is 3.75. The van der Waals surface area contributed by atoms with Crippen LogP contribution in [0.15, 0.2) is 0 Å². The summed E-state index contributed by atoms with van der Waals surface area (Å²) < 4.78 is 0. The van der Waals surface area contributed by atoms with Gasteiger partial charge in [-0.3, -0.25) is 4.79 Å². The van der Waals surface area contributed by atoms with Crippen LogP contribution in [0.1, 0.15) is 19.8 Å². The summed E-state index contributed by atoms with van der Waals surface area (Å²) in [6.45, 7) is 1.60. The van der Waals surface area contributed by atoms with Crippen molar-refractivity contribution < 1.29 is 9.90 Å². The van der Waals surface area contributed by atoms with E-state index in [1.165, 1.54) is 0 Å². The van der Waals surface area contributed by atoms with E-state index in [4.69, 9.17) is 16.6 Å². The van der Waals surface area contributed by atoms with Crippen molar-refractivity contribution in [2.75, 3.05) is 6.61 Å². The van der Waals surface area contributed by atoms with Crippen molar-refractivity contribution in [3.8, 4) is 0 Å². The smallest absolute Gasteiger partial charge is 0.237 e. The van der Waals surface area contributed by atoms with Crippen molar-refractivity contribution in [1.82, 2.24) is 0 Å². The summed E-state index contributed by atoms with van der Waals surface area (Å²) in [4.78, 5) is 10.5. The maximum Gasteiger partial charge on any atom is 0.237 e. The molecule has 4 nitrogen and oxygen atoms in total. The molecule has 0 rings (SSSR count). The van der Waals surface area contributed by atoms with Crippen LogP contribution in [0.5, 0.6) is 0 Å². The van der Waals surface area contributed by atoms with E-state index in [1.807, 2.05) is 0 Å². The molecule has 0 aromatic rings. The van der Waals surface area contributed by atoms with E-state index >= 15 is 0 Å². The molecule has 0 radical (unpaired) electrons. The normalized spacial score (nSPS) is 16.3. The molecule has 10 heavy (non-hydrogen) atoms. The fraction of sp³-hybridized carbons (Fsp3) is 0.833. The van der Waals surface area contributed by atoms with Crippen LogP contribution in [0.25, 0.3) is 0 Å². The van der Waals surface area contributed by atoms with Crippen molar-refractivity contribution in [2.24, 2.45) is 11.5 Å². The molecule has 0 spiro atoms. The molecule has 1 unspecified atom stereocenters. The van der Waals surface area contributed by atoms with Crippen molar-refractivity contribution in [3.05, 3.63) is 0 Å². The molecule has 0 aliphatic rings. The first-order chi connectivity index (χ1) is 4.50. The molecule has 1 amide bonds. The van der Waals surface area contributed by atoms with Crippen LogP contribution in [0.2, 0.25) is 0 Å². The van der Waals surface area contributed by atoms with Crippen LogP contribution >= 0.6 is 0 Å². The SMILES string of the molecule is CC(N)(CCCO)C(N)=O. The minimum absolute atomic E-state index is 0.0417. The third-order valence-electron chi connectivity index (χ3n) is 1.42. The second-order valence-corrected chi connectivity index (χ2v) is 2.61. The molecule has 0 bridgehead atoms. The highest BCUT2D eigenvalue weighted by Gasteiger charge is 2.24. The zero-order chi connectivity index (χ0) is 8.20. The maximum absolute atomic E-state index is 10.5. The predicted octanol–water partition coefficient (Wildman–Crippen LogP) is -1.04. The van der Waals surface area contributed by atoms with Gasteiger partial charge in [0.1, 0.15) is 0 Å². The second-order valence-electron chi connectivity index (χ2n) is 2.61. The number of nitrogens with two attached hydrogens (primary N) is 2. The minimum atomic E-state index is -0.970. The van der Waals surface area contributed by atoms with Crippen molar-refractivity contribution in [1.29, 1.82) is 0 Å². The highest BCUT2D eigenvalue weighted by molar-refractivity contribution is 5.83. The molecule has 1 atom stereocenters. The van der Waals surface area contributed by atoms with Crippen molar-refractivity contribution in [3.63, 3.8) is 0 Å². The maximum atomic E-state index is 10.5. The van der Waals surface area contributed by atoms with E-state index in [2.05, 4.69) is 0 Å². The molecule has 60 valence electrons. The zero-order valence-corrected chi connectivity index (χ0v) is 6.13. The average molecular weight is 146 g/mol. The number of carbonyl (C=O) groups is 1. The fourth-order valence-corrected chi connectivity index (χ4v) is 0.569. The third kappa shape index (κ3) is 2.80. The average Bonchev–Trinajstić information content (AvgIpc) is 1.84. The fourth-order valence-electron chi connectivity index (χ4n) is 0.569. The van der Waals surface area contributed by atoms with E-state index in [1.54, 1.807) is 6.92 Å². The Kier molecular flexibility index (Phi) is 3.32. The van der Waals surface area contributed by atoms with Gasteiger partial charge in [0.15, 0.2) is 0 Å². The van der Waals surface area contributed by atoms with Gasteiger partial charge in [-0.2, -0.15) is 0 Å². The predicted molar refractivity (Wildman–Crippen MR) is 38.1 cm³/mol. The molecule has 0 saturated heterocycles. The Morgan fingerprint density at radius 1 is 1.70 bits per heavy atom. The number of carbonyl (C=O) groups excluding carboxylic acids is 1. The van der Waals surface area contributed by atoms with Gasteiger partial charge in [-0.15, -0.1) is 0 Å². The summed E-state index contributed by atoms with van der Waals surface area (Å²) in [7, 11) is 0. The molecule has 0 aliphatic carbocycles. The van der Waals surface area contributed by atoms with E-state index < -0.39 is 11.4 Å². The Morgan fingerprint density at radius 2 is 2.20 bits per heavy atom. The van der Waals surface area contributed by atoms with Gasteiger partial charge in [0.25, 0.3) is 0 Å². The summed E-state index contributed by atoms with van der Waals surface area (Å²) in [5.74, 6) is -0.527. The molecule has 5 N–H and O–H groups in total. The van der Waals surface area contributed by atoms with E-state index in [9.17, 15) is 4.79 Å². The zero-order valence-electron chi connectivity index (χ0n) is 6.13. The summed E-state index contributed by atoms with van der Waals surface area (Å²) in [5, 5.41) is 8.40. The molecule has 0 aromatic carbocycles. The first kappa shape index (κ1) is 9.39. The molecule has 0 fully saturated rings. The molecule has 0 saturated carbocycles. The molecule has 4 heteroatoms. The number of hydrogen-bond donors (Lipinski definition) is 3. The van der Waals surface area contributed by atoms with Gasteiger partial charge in [-0.25, -0.2) is 0 Å². The number of aliphatic hydroxyl groups excluding tert-OH is 1. The topological polar surface area (TPSA) is 89.3 Å². The standard InChI is InChI=1S/C6H14N2O2/c1-6(8,5(7)10)3-2-4-9/h9H,2-4,8H2,1H3,(H2,7,10). The summed E-state index contributed by atoms with van der Waals surface area (Å²) >= 11 is 0. The quantitative estimate of drug-likeness (QED) is 0.473. The first-order valence-corrected chi connectivity index (χ1v) is 3.20. The Morgan fingerprint density at radius 3 is 2.50 bits per heavy atom. The highest BCUT2D eigenvalue weighted by Crippen LogP contribution is 2.06. The van der Waals surface area contributed by atoms with Gasteiger partial charge in [-0.1, -0.05) is 0 Å². The van der Waals surface area contributed by atoms with Crippen LogP contribution in [-0.4, -0.2) is 23.2 Å². The number of aliphatic hydroxyl groups is 1. The van der Waals surface area contributed by atoms with Gasteiger partial charge < -0.3 is 16.6 Å². The largest absolute Gasteiger partial charge is 0.396 e. The summed E-state index contributed by atoms with van der Waals surface area (Å²) in [5.41, 5.74) is 9.46. The number of rotatable bonds is 4. The van der Waals surface area contributed by atoms with Gasteiger partial charge in [0.2, 0.25) is 5.91 Å². The first-order valence-electron chi connectivity index (χ1n) is 3.20. The van der Waals surface area contributed by atoms with Crippen LogP contribution < -0.4 is 11.5 Å². The van der Waals surface area contributed by atoms with Gasteiger partial charge in [0, 0.05) is 6.61 Å².